The third-order valence-corrected chi connectivity index (χ3v) is 4.98. The first-order chi connectivity index (χ1) is 11.1. The van der Waals surface area contributed by atoms with Gasteiger partial charge in [-0.3, -0.25) is 4.21 Å². The van der Waals surface area contributed by atoms with Crippen LogP contribution in [0.15, 0.2) is 47.5 Å². The minimum absolute atomic E-state index is 0.358. The molecule has 0 saturated heterocycles. The molecule has 2 aromatic heterocycles. The van der Waals surface area contributed by atoms with E-state index in [4.69, 9.17) is 9.47 Å². The fourth-order valence-corrected chi connectivity index (χ4v) is 3.48. The Balaban J connectivity index is 1.87. The third-order valence-electron chi connectivity index (χ3n) is 3.64. The Labute approximate surface area is 137 Å². The Morgan fingerprint density at radius 2 is 1.91 bits per heavy atom. The highest BCUT2D eigenvalue weighted by molar-refractivity contribution is 7.84. The van der Waals surface area contributed by atoms with Gasteiger partial charge < -0.3 is 13.9 Å². The summed E-state index contributed by atoms with van der Waals surface area (Å²) in [5, 5.41) is 0. The molecule has 0 aliphatic carbocycles. The van der Waals surface area contributed by atoms with Gasteiger partial charge in [0.2, 0.25) is 0 Å². The molecule has 5 nitrogen and oxygen atoms in total. The van der Waals surface area contributed by atoms with Crippen LogP contribution < -0.4 is 9.47 Å². The number of aromatic nitrogens is 2. The number of benzene rings is 1. The number of pyridine rings is 1. The zero-order valence-corrected chi connectivity index (χ0v) is 14.1. The van der Waals surface area contributed by atoms with Gasteiger partial charge in [0, 0.05) is 22.9 Å². The first kappa shape index (κ1) is 15.6. The normalized spacial score (nSPS) is 12.3. The highest BCUT2D eigenvalue weighted by atomic mass is 32.2. The molecule has 3 rings (SSSR count). The molecule has 1 atom stereocenters. The van der Waals surface area contributed by atoms with Crippen LogP contribution in [0.1, 0.15) is 11.4 Å². The van der Waals surface area contributed by atoms with Crippen LogP contribution >= 0.6 is 0 Å². The summed E-state index contributed by atoms with van der Waals surface area (Å²) in [6.45, 7) is 2.02. The number of methoxy groups -OCH3 is 2. The summed E-state index contributed by atoms with van der Waals surface area (Å²) in [4.78, 5) is 5.22. The molecule has 0 N–H and O–H groups in total. The van der Waals surface area contributed by atoms with Crippen molar-refractivity contribution >= 4 is 16.4 Å². The van der Waals surface area contributed by atoms with Gasteiger partial charge in [0.25, 0.3) is 0 Å². The lowest BCUT2D eigenvalue weighted by Crippen LogP contribution is -1.98. The standard InChI is InChI=1S/C17H18N2O3S/c1-12-5-4-6-17-18-13(10-19(12)17)11-23(20)14-7-8-15(21-2)16(9-14)22-3/h4-10H,11H2,1-3H3/t23-/m1/s1. The van der Waals surface area contributed by atoms with E-state index in [0.29, 0.717) is 22.1 Å². The lowest BCUT2D eigenvalue weighted by molar-refractivity contribution is 0.354. The minimum Gasteiger partial charge on any atom is -0.493 e. The molecule has 1 aromatic carbocycles. The molecule has 6 heteroatoms. The zero-order chi connectivity index (χ0) is 16.4. The average molecular weight is 330 g/mol. The van der Waals surface area contributed by atoms with Crippen molar-refractivity contribution in [2.45, 2.75) is 17.6 Å². The Morgan fingerprint density at radius 3 is 2.61 bits per heavy atom. The van der Waals surface area contributed by atoms with Crippen LogP contribution in [0, 0.1) is 6.92 Å². The van der Waals surface area contributed by atoms with Gasteiger partial charge >= 0.3 is 0 Å². The molecule has 0 radical (unpaired) electrons. The maximum absolute atomic E-state index is 12.6. The fraction of sp³-hybridized carbons (Fsp3) is 0.235. The number of imidazole rings is 1. The molecule has 3 aromatic rings. The second-order valence-corrected chi connectivity index (χ2v) is 6.59. The van der Waals surface area contributed by atoms with E-state index in [0.717, 1.165) is 17.0 Å². The van der Waals surface area contributed by atoms with E-state index in [1.54, 1.807) is 32.4 Å². The number of nitrogens with zero attached hydrogens (tertiary/aromatic N) is 2. The topological polar surface area (TPSA) is 52.8 Å². The van der Waals surface area contributed by atoms with E-state index >= 15 is 0 Å². The SMILES string of the molecule is COc1ccc([S@](=O)Cc2cn3c(C)cccc3n2)cc1OC. The van der Waals surface area contributed by atoms with Crippen LogP contribution in [0.25, 0.3) is 5.65 Å². The van der Waals surface area contributed by atoms with Crippen molar-refractivity contribution < 1.29 is 13.7 Å². The number of rotatable bonds is 5. The number of ether oxygens (including phenoxy) is 2. The lowest BCUT2D eigenvalue weighted by Gasteiger charge is -2.09. The van der Waals surface area contributed by atoms with Crippen LogP contribution in [-0.2, 0) is 16.6 Å². The van der Waals surface area contributed by atoms with E-state index in [1.165, 1.54) is 0 Å². The summed E-state index contributed by atoms with van der Waals surface area (Å²) in [5.74, 6) is 1.55. The van der Waals surface area contributed by atoms with Crippen LogP contribution in [-0.4, -0.2) is 27.8 Å². The van der Waals surface area contributed by atoms with Gasteiger partial charge in [0.15, 0.2) is 11.5 Å². The van der Waals surface area contributed by atoms with Crippen LogP contribution in [0.5, 0.6) is 11.5 Å². The second kappa shape index (κ2) is 6.42. The predicted molar refractivity (Wildman–Crippen MR) is 89.6 cm³/mol. The summed E-state index contributed by atoms with van der Waals surface area (Å²) in [7, 11) is 1.94. The maximum atomic E-state index is 12.6. The smallest absolute Gasteiger partial charge is 0.161 e. The first-order valence-electron chi connectivity index (χ1n) is 7.16. The van der Waals surface area contributed by atoms with Gasteiger partial charge in [-0.25, -0.2) is 4.98 Å². The first-order valence-corrected chi connectivity index (χ1v) is 8.48. The molecule has 0 aliphatic rings. The van der Waals surface area contributed by atoms with E-state index in [1.807, 2.05) is 35.7 Å². The molecule has 2 heterocycles. The highest BCUT2D eigenvalue weighted by Crippen LogP contribution is 2.29. The predicted octanol–water partition coefficient (Wildman–Crippen LogP) is 2.97. The number of fused-ring (bicyclic) bond motifs is 1. The van der Waals surface area contributed by atoms with Crippen LogP contribution in [0.4, 0.5) is 0 Å². The Hall–Kier alpha value is -2.34. The van der Waals surface area contributed by atoms with Gasteiger partial charge in [-0.1, -0.05) is 6.07 Å². The van der Waals surface area contributed by atoms with Gasteiger partial charge in [-0.15, -0.1) is 0 Å². The van der Waals surface area contributed by atoms with Crippen molar-refractivity contribution in [2.24, 2.45) is 0 Å². The zero-order valence-electron chi connectivity index (χ0n) is 13.3. The Bertz CT molecular complexity index is 873. The largest absolute Gasteiger partial charge is 0.493 e. The van der Waals surface area contributed by atoms with Gasteiger partial charge in [-0.05, 0) is 31.2 Å². The minimum atomic E-state index is -1.20. The molecule has 0 bridgehead atoms. The average Bonchev–Trinajstić information content (AvgIpc) is 2.98. The lowest BCUT2D eigenvalue weighted by atomic mass is 10.3. The van der Waals surface area contributed by atoms with Crippen molar-refractivity contribution in [1.82, 2.24) is 9.38 Å². The second-order valence-electron chi connectivity index (χ2n) is 5.13. The monoisotopic (exact) mass is 330 g/mol. The van der Waals surface area contributed by atoms with Crippen molar-refractivity contribution in [3.63, 3.8) is 0 Å². The van der Waals surface area contributed by atoms with Gasteiger partial charge in [0.05, 0.1) is 36.5 Å². The Kier molecular flexibility index (Phi) is 4.34. The van der Waals surface area contributed by atoms with E-state index in [2.05, 4.69) is 4.98 Å². The number of hydrogen-bond acceptors (Lipinski definition) is 4. The molecule has 0 amide bonds. The Morgan fingerprint density at radius 1 is 1.13 bits per heavy atom. The molecule has 0 unspecified atom stereocenters. The molecule has 0 aliphatic heterocycles. The van der Waals surface area contributed by atoms with Crippen LogP contribution in [0.3, 0.4) is 0 Å². The molecule has 120 valence electrons. The summed E-state index contributed by atoms with van der Waals surface area (Å²) in [5.41, 5.74) is 2.76. The fourth-order valence-electron chi connectivity index (χ4n) is 2.44. The van der Waals surface area contributed by atoms with E-state index < -0.39 is 10.8 Å². The van der Waals surface area contributed by atoms with E-state index in [9.17, 15) is 4.21 Å². The molecule has 0 spiro atoms. The van der Waals surface area contributed by atoms with Crippen LogP contribution in [0.2, 0.25) is 0 Å². The maximum Gasteiger partial charge on any atom is 0.161 e. The van der Waals surface area contributed by atoms with Gasteiger partial charge in [0.1, 0.15) is 5.65 Å². The molecular formula is C17H18N2O3S. The van der Waals surface area contributed by atoms with E-state index in [-0.39, 0.29) is 0 Å². The van der Waals surface area contributed by atoms with Crippen molar-refractivity contribution in [3.05, 3.63) is 54.0 Å². The molecule has 23 heavy (non-hydrogen) atoms. The number of hydrogen-bond donors (Lipinski definition) is 0. The number of aryl methyl sites for hydroxylation is 1. The quantitative estimate of drug-likeness (QED) is 0.722. The summed E-state index contributed by atoms with van der Waals surface area (Å²) >= 11 is 0. The highest BCUT2D eigenvalue weighted by Gasteiger charge is 2.12. The van der Waals surface area contributed by atoms with Crippen molar-refractivity contribution in [1.29, 1.82) is 0 Å². The molecule has 0 saturated carbocycles. The summed E-state index contributed by atoms with van der Waals surface area (Å²) in [6.07, 6.45) is 1.93. The van der Waals surface area contributed by atoms with Gasteiger partial charge in [-0.2, -0.15) is 0 Å². The van der Waals surface area contributed by atoms with Crippen molar-refractivity contribution in [2.75, 3.05) is 14.2 Å². The third kappa shape index (κ3) is 3.07. The van der Waals surface area contributed by atoms with Crippen molar-refractivity contribution in [3.8, 4) is 11.5 Å². The molecular weight excluding hydrogens is 312 g/mol. The summed E-state index contributed by atoms with van der Waals surface area (Å²) < 4.78 is 25.1. The molecule has 0 fully saturated rings. The summed E-state index contributed by atoms with van der Waals surface area (Å²) in [6, 6.07) is 11.2.